The molecule has 0 heterocycles. The Balaban J connectivity index is 2.40. The van der Waals surface area contributed by atoms with Crippen LogP contribution in [0, 0.1) is 0 Å². The van der Waals surface area contributed by atoms with E-state index in [0.29, 0.717) is 6.61 Å². The summed E-state index contributed by atoms with van der Waals surface area (Å²) in [7, 11) is 2.95. The van der Waals surface area contributed by atoms with Crippen LogP contribution in [-0.2, 0) is 0 Å². The molecule has 0 saturated heterocycles. The molecule has 1 aromatic rings. The highest BCUT2D eigenvalue weighted by Gasteiger charge is 1.94. The van der Waals surface area contributed by atoms with Gasteiger partial charge in [-0.2, -0.15) is 0 Å². The van der Waals surface area contributed by atoms with Gasteiger partial charge in [0.2, 0.25) is 0 Å². The third kappa shape index (κ3) is 3.48. The molecule has 0 aliphatic rings. The summed E-state index contributed by atoms with van der Waals surface area (Å²) in [4.78, 5) is 0. The van der Waals surface area contributed by atoms with Crippen molar-refractivity contribution in [1.29, 1.82) is 0 Å². The summed E-state index contributed by atoms with van der Waals surface area (Å²) in [5, 5.41) is 11.7. The van der Waals surface area contributed by atoms with Crippen LogP contribution in [0.4, 0.5) is 0 Å². The molecule has 0 amide bonds. The van der Waals surface area contributed by atoms with Crippen molar-refractivity contribution >= 4 is 12.9 Å². The Morgan fingerprint density at radius 2 is 2.08 bits per heavy atom. The molecule has 4 heteroatoms. The first kappa shape index (κ1) is 10.1. The van der Waals surface area contributed by atoms with E-state index in [1.54, 1.807) is 12.1 Å². The molecule has 0 aliphatic carbocycles. The first-order chi connectivity index (χ1) is 6.36. The van der Waals surface area contributed by atoms with Crippen molar-refractivity contribution in [1.82, 2.24) is 5.32 Å². The van der Waals surface area contributed by atoms with E-state index in [4.69, 9.17) is 9.76 Å². The highest BCUT2D eigenvalue weighted by molar-refractivity contribution is 6.45. The summed E-state index contributed by atoms with van der Waals surface area (Å²) in [6.07, 6.45) is 0. The second-order valence-electron chi connectivity index (χ2n) is 2.65. The average Bonchev–Trinajstić information content (AvgIpc) is 2.19. The minimum absolute atomic E-state index is 0.651. The Morgan fingerprint density at radius 3 is 2.62 bits per heavy atom. The number of benzene rings is 1. The van der Waals surface area contributed by atoms with Crippen LogP contribution in [0.15, 0.2) is 24.3 Å². The minimum atomic E-state index is 0.651. The Labute approximate surface area is 79.0 Å². The lowest BCUT2D eigenvalue weighted by Gasteiger charge is -2.05. The monoisotopic (exact) mass is 178 g/mol. The first-order valence-electron chi connectivity index (χ1n) is 4.21. The number of hydrogen-bond donors (Lipinski definition) is 2. The number of rotatable bonds is 5. The predicted octanol–water partition coefficient (Wildman–Crippen LogP) is -0.478. The van der Waals surface area contributed by atoms with Gasteiger partial charge in [-0.25, -0.2) is 0 Å². The van der Waals surface area contributed by atoms with E-state index in [1.165, 1.54) is 0 Å². The standard InChI is InChI=1S/C9H13BNO2/c1-11-6-7-13-9-4-2-8(10-12)3-5-9/h2-5,11-12H,6-7H2,1H3. The van der Waals surface area contributed by atoms with E-state index in [1.807, 2.05) is 19.2 Å². The van der Waals surface area contributed by atoms with E-state index in [0.717, 1.165) is 25.2 Å². The summed E-state index contributed by atoms with van der Waals surface area (Å²) in [5.74, 6) is 0.820. The third-order valence-corrected chi connectivity index (χ3v) is 1.65. The number of hydrogen-bond acceptors (Lipinski definition) is 3. The van der Waals surface area contributed by atoms with Crippen LogP contribution in [0.25, 0.3) is 0 Å². The lowest BCUT2D eigenvalue weighted by molar-refractivity contribution is 0.318. The maximum atomic E-state index is 8.67. The molecule has 3 nitrogen and oxygen atoms in total. The van der Waals surface area contributed by atoms with E-state index in [-0.39, 0.29) is 0 Å². The van der Waals surface area contributed by atoms with E-state index < -0.39 is 0 Å². The van der Waals surface area contributed by atoms with Gasteiger partial charge in [0.05, 0.1) is 0 Å². The van der Waals surface area contributed by atoms with Gasteiger partial charge in [-0.05, 0) is 19.2 Å². The molecule has 0 fully saturated rings. The molecule has 2 N–H and O–H groups in total. The SMILES string of the molecule is CNCCOc1ccc([B]O)cc1. The van der Waals surface area contributed by atoms with Crippen molar-refractivity contribution in [3.05, 3.63) is 24.3 Å². The fourth-order valence-electron chi connectivity index (χ4n) is 0.921. The van der Waals surface area contributed by atoms with E-state index >= 15 is 0 Å². The summed E-state index contributed by atoms with van der Waals surface area (Å²) in [5.41, 5.74) is 0.779. The zero-order chi connectivity index (χ0) is 9.52. The molecule has 1 rings (SSSR count). The second-order valence-corrected chi connectivity index (χ2v) is 2.65. The Bertz CT molecular complexity index is 238. The van der Waals surface area contributed by atoms with Gasteiger partial charge in [-0.15, -0.1) is 0 Å². The van der Waals surface area contributed by atoms with Crippen molar-refractivity contribution in [2.45, 2.75) is 0 Å². The van der Waals surface area contributed by atoms with Crippen LogP contribution in [0.5, 0.6) is 5.75 Å². The van der Waals surface area contributed by atoms with Crippen molar-refractivity contribution in [3.63, 3.8) is 0 Å². The number of likely N-dealkylation sites (N-methyl/N-ethyl adjacent to an activating group) is 1. The second kappa shape index (κ2) is 5.62. The Kier molecular flexibility index (Phi) is 4.36. The zero-order valence-corrected chi connectivity index (χ0v) is 7.66. The van der Waals surface area contributed by atoms with E-state index in [2.05, 4.69) is 5.32 Å². The number of ether oxygens (including phenoxy) is 1. The summed E-state index contributed by atoms with van der Waals surface area (Å²) < 4.78 is 5.39. The molecule has 1 radical (unpaired) electrons. The smallest absolute Gasteiger partial charge is 0.326 e. The van der Waals surface area contributed by atoms with Gasteiger partial charge in [0, 0.05) is 6.54 Å². The highest BCUT2D eigenvalue weighted by Crippen LogP contribution is 2.06. The number of nitrogens with one attached hydrogen (secondary N) is 1. The minimum Gasteiger partial charge on any atom is -0.492 e. The molecular formula is C9H13BNO2. The van der Waals surface area contributed by atoms with Gasteiger partial charge >= 0.3 is 7.48 Å². The fourth-order valence-corrected chi connectivity index (χ4v) is 0.921. The molecule has 0 saturated carbocycles. The molecule has 0 unspecified atom stereocenters. The molecular weight excluding hydrogens is 165 g/mol. The highest BCUT2D eigenvalue weighted by atomic mass is 16.5. The van der Waals surface area contributed by atoms with Gasteiger partial charge < -0.3 is 15.1 Å². The van der Waals surface area contributed by atoms with Crippen LogP contribution in [-0.4, -0.2) is 32.7 Å². The Morgan fingerprint density at radius 1 is 1.38 bits per heavy atom. The van der Waals surface area contributed by atoms with Crippen molar-refractivity contribution < 1.29 is 9.76 Å². The largest absolute Gasteiger partial charge is 0.492 e. The van der Waals surface area contributed by atoms with Crippen molar-refractivity contribution in [3.8, 4) is 5.75 Å². The summed E-state index contributed by atoms with van der Waals surface area (Å²) in [6, 6.07) is 7.26. The van der Waals surface area contributed by atoms with Crippen molar-refractivity contribution in [2.75, 3.05) is 20.2 Å². The normalized spacial score (nSPS) is 9.69. The third-order valence-electron chi connectivity index (χ3n) is 1.65. The molecule has 0 atom stereocenters. The van der Waals surface area contributed by atoms with Gasteiger partial charge in [-0.3, -0.25) is 0 Å². The van der Waals surface area contributed by atoms with Crippen LogP contribution in [0.2, 0.25) is 0 Å². The topological polar surface area (TPSA) is 41.5 Å². The first-order valence-corrected chi connectivity index (χ1v) is 4.21. The van der Waals surface area contributed by atoms with Crippen LogP contribution in [0.1, 0.15) is 0 Å². The lowest BCUT2D eigenvalue weighted by atomic mass is 9.89. The van der Waals surface area contributed by atoms with E-state index in [9.17, 15) is 0 Å². The zero-order valence-electron chi connectivity index (χ0n) is 7.66. The molecule has 0 bridgehead atoms. The maximum absolute atomic E-state index is 8.67. The van der Waals surface area contributed by atoms with Gasteiger partial charge in [0.1, 0.15) is 12.4 Å². The summed E-state index contributed by atoms with van der Waals surface area (Å²) >= 11 is 0. The molecule has 1 aromatic carbocycles. The predicted molar refractivity (Wildman–Crippen MR) is 53.5 cm³/mol. The molecule has 13 heavy (non-hydrogen) atoms. The van der Waals surface area contributed by atoms with Gasteiger partial charge in [-0.1, -0.05) is 17.6 Å². The molecule has 0 aromatic heterocycles. The molecule has 0 aliphatic heterocycles. The van der Waals surface area contributed by atoms with Gasteiger partial charge in [0.15, 0.2) is 0 Å². The van der Waals surface area contributed by atoms with Gasteiger partial charge in [0.25, 0.3) is 0 Å². The quantitative estimate of drug-likeness (QED) is 0.472. The summed E-state index contributed by atoms with van der Waals surface area (Å²) in [6.45, 7) is 1.48. The van der Waals surface area contributed by atoms with Crippen molar-refractivity contribution in [2.24, 2.45) is 0 Å². The maximum Gasteiger partial charge on any atom is 0.326 e. The molecule has 69 valence electrons. The fraction of sp³-hybridized carbons (Fsp3) is 0.333. The lowest BCUT2D eigenvalue weighted by Crippen LogP contribution is -2.16. The molecule has 0 spiro atoms. The average molecular weight is 178 g/mol. The van der Waals surface area contributed by atoms with Crippen LogP contribution >= 0.6 is 0 Å². The van der Waals surface area contributed by atoms with Crippen LogP contribution < -0.4 is 15.5 Å². The Hall–Kier alpha value is -0.995. The van der Waals surface area contributed by atoms with Crippen LogP contribution in [0.3, 0.4) is 0 Å².